The second kappa shape index (κ2) is 3.73. The highest BCUT2D eigenvalue weighted by Gasteiger charge is 2.04. The Morgan fingerprint density at radius 1 is 0.867 bits per heavy atom. The molecule has 2 nitrogen and oxygen atoms in total. The summed E-state index contributed by atoms with van der Waals surface area (Å²) in [5.41, 5.74) is 2.03. The number of rotatable bonds is 0. The zero-order chi connectivity index (χ0) is 10.8. The molecule has 1 aromatic carbocycles. The van der Waals surface area contributed by atoms with Crippen LogP contribution in [0.2, 0.25) is 0 Å². The van der Waals surface area contributed by atoms with Gasteiger partial charge in [-0.15, -0.1) is 0 Å². The van der Waals surface area contributed by atoms with Gasteiger partial charge >= 0.3 is 0 Å². The maximum Gasteiger partial charge on any atom is 0.178 e. The molecule has 0 radical (unpaired) electrons. The van der Waals surface area contributed by atoms with Gasteiger partial charge in [-0.25, -0.2) is 0 Å². The lowest BCUT2D eigenvalue weighted by Crippen LogP contribution is -1.88. The molecular formula is C13H12O2. The second-order valence-electron chi connectivity index (χ2n) is 3.59. The molecule has 0 N–H and O–H groups in total. The lowest BCUT2D eigenvalue weighted by molar-refractivity contribution is 0.318. The van der Waals surface area contributed by atoms with Crippen LogP contribution in [0.3, 0.4) is 0 Å². The Morgan fingerprint density at radius 3 is 1.80 bits per heavy atom. The fraction of sp³-hybridized carbons (Fsp3) is 0.154. The smallest absolute Gasteiger partial charge is 0.178 e. The van der Waals surface area contributed by atoms with Gasteiger partial charge in [-0.1, -0.05) is 12.1 Å². The molecule has 0 saturated carbocycles. The van der Waals surface area contributed by atoms with E-state index in [4.69, 9.17) is 4.74 Å². The van der Waals surface area contributed by atoms with Crippen molar-refractivity contribution in [3.63, 3.8) is 0 Å². The monoisotopic (exact) mass is 200 g/mol. The Morgan fingerprint density at radius 2 is 1.33 bits per heavy atom. The first kappa shape index (κ1) is 9.71. The van der Waals surface area contributed by atoms with Crippen LogP contribution in [0.1, 0.15) is 25.0 Å². The molecule has 2 rings (SSSR count). The van der Waals surface area contributed by atoms with E-state index in [-0.39, 0.29) is 5.43 Å². The quantitative estimate of drug-likeness (QED) is 0.643. The van der Waals surface area contributed by atoms with Gasteiger partial charge in [-0.2, -0.15) is 0 Å². The molecule has 2 heteroatoms. The molecule has 0 amide bonds. The van der Waals surface area contributed by atoms with Gasteiger partial charge in [0.15, 0.2) is 5.43 Å². The molecule has 0 unspecified atom stereocenters. The van der Waals surface area contributed by atoms with Gasteiger partial charge < -0.3 is 4.74 Å². The molecule has 0 aliphatic carbocycles. The number of hydrogen-bond acceptors (Lipinski definition) is 2. The highest BCUT2D eigenvalue weighted by molar-refractivity contribution is 5.67. The molecule has 0 fully saturated rings. The Bertz CT molecular complexity index is 466. The minimum Gasteiger partial charge on any atom is -0.467 e. The second-order valence-corrected chi connectivity index (χ2v) is 3.59. The van der Waals surface area contributed by atoms with Crippen LogP contribution in [0.15, 0.2) is 40.6 Å². The lowest BCUT2D eigenvalue weighted by Gasteiger charge is -2.01. The van der Waals surface area contributed by atoms with Gasteiger partial charge in [0, 0.05) is 0 Å². The molecule has 0 bridgehead atoms. The number of ether oxygens (including phenoxy) is 1. The summed E-state index contributed by atoms with van der Waals surface area (Å²) in [5, 5.41) is 0. The van der Waals surface area contributed by atoms with E-state index in [0.717, 1.165) is 22.6 Å². The van der Waals surface area contributed by atoms with E-state index in [2.05, 4.69) is 0 Å². The molecular weight excluding hydrogens is 188 g/mol. The third kappa shape index (κ3) is 2.15. The molecule has 76 valence electrons. The summed E-state index contributed by atoms with van der Waals surface area (Å²) >= 11 is 0. The normalized spacial score (nSPS) is 14.3. The van der Waals surface area contributed by atoms with Gasteiger partial charge in [0.25, 0.3) is 0 Å². The molecule has 0 spiro atoms. The van der Waals surface area contributed by atoms with Gasteiger partial charge in [-0.3, -0.25) is 4.79 Å². The molecule has 1 aliphatic rings. The van der Waals surface area contributed by atoms with Crippen molar-refractivity contribution in [1.82, 2.24) is 0 Å². The van der Waals surface area contributed by atoms with Crippen molar-refractivity contribution in [2.75, 3.05) is 0 Å². The van der Waals surface area contributed by atoms with Crippen LogP contribution in [0.5, 0.6) is 0 Å². The Labute approximate surface area is 88.5 Å². The van der Waals surface area contributed by atoms with Crippen LogP contribution < -0.4 is 5.43 Å². The minimum atomic E-state index is 0.0149. The first-order chi connectivity index (χ1) is 7.15. The summed E-state index contributed by atoms with van der Waals surface area (Å²) in [6.45, 7) is 3.80. The number of allylic oxidation sites excluding steroid dienone is 2. The summed E-state index contributed by atoms with van der Waals surface area (Å²) < 4.78 is 5.50. The van der Waals surface area contributed by atoms with Crippen molar-refractivity contribution in [1.29, 1.82) is 0 Å². The zero-order valence-electron chi connectivity index (χ0n) is 8.78. The van der Waals surface area contributed by atoms with Crippen molar-refractivity contribution < 1.29 is 4.74 Å². The molecule has 15 heavy (non-hydrogen) atoms. The maximum atomic E-state index is 11.2. The highest BCUT2D eigenvalue weighted by Crippen LogP contribution is 2.21. The van der Waals surface area contributed by atoms with E-state index in [1.807, 2.05) is 38.1 Å². The Hall–Kier alpha value is -1.83. The van der Waals surface area contributed by atoms with Gasteiger partial charge in [0.1, 0.15) is 11.5 Å². The zero-order valence-corrected chi connectivity index (χ0v) is 8.78. The highest BCUT2D eigenvalue weighted by atomic mass is 16.5. The summed E-state index contributed by atoms with van der Waals surface area (Å²) in [6, 6.07) is 6.77. The minimum absolute atomic E-state index is 0.0149. The van der Waals surface area contributed by atoms with E-state index in [0.29, 0.717) is 0 Å². The molecule has 1 aromatic rings. The van der Waals surface area contributed by atoms with Crippen molar-refractivity contribution >= 4 is 12.2 Å². The fourth-order valence-electron chi connectivity index (χ4n) is 1.61. The third-order valence-corrected chi connectivity index (χ3v) is 2.23. The van der Waals surface area contributed by atoms with Crippen molar-refractivity contribution in [2.45, 2.75) is 13.8 Å². The molecule has 1 aliphatic heterocycles. The predicted octanol–water partition coefficient (Wildman–Crippen LogP) is 2.80. The van der Waals surface area contributed by atoms with Gasteiger partial charge in [-0.05, 0) is 49.3 Å². The first-order valence-corrected chi connectivity index (χ1v) is 4.84. The Kier molecular flexibility index (Phi) is 2.42. The van der Waals surface area contributed by atoms with E-state index in [1.54, 1.807) is 12.1 Å². The Balaban J connectivity index is 2.71. The van der Waals surface area contributed by atoms with Crippen LogP contribution in [0.25, 0.3) is 12.2 Å². The summed E-state index contributed by atoms with van der Waals surface area (Å²) in [5.74, 6) is 1.67. The van der Waals surface area contributed by atoms with Crippen LogP contribution in [0.4, 0.5) is 0 Å². The van der Waals surface area contributed by atoms with Crippen LogP contribution in [0, 0.1) is 0 Å². The van der Waals surface area contributed by atoms with Crippen LogP contribution >= 0.6 is 0 Å². The van der Waals surface area contributed by atoms with E-state index in [1.165, 1.54) is 0 Å². The summed E-state index contributed by atoms with van der Waals surface area (Å²) in [7, 11) is 0. The third-order valence-electron chi connectivity index (χ3n) is 2.23. The van der Waals surface area contributed by atoms with Gasteiger partial charge in [0.05, 0.1) is 0 Å². The number of hydrogen-bond donors (Lipinski definition) is 0. The van der Waals surface area contributed by atoms with Gasteiger partial charge in [0.2, 0.25) is 0 Å². The molecule has 0 aromatic heterocycles. The predicted molar refractivity (Wildman–Crippen MR) is 61.1 cm³/mol. The molecule has 1 heterocycles. The summed E-state index contributed by atoms with van der Waals surface area (Å²) in [6.07, 6.45) is 3.86. The molecule has 0 saturated heterocycles. The lowest BCUT2D eigenvalue weighted by atomic mass is 10.1. The largest absolute Gasteiger partial charge is 0.467 e. The van der Waals surface area contributed by atoms with Crippen molar-refractivity contribution in [2.24, 2.45) is 0 Å². The van der Waals surface area contributed by atoms with E-state index < -0.39 is 0 Å². The van der Waals surface area contributed by atoms with Crippen molar-refractivity contribution in [3.05, 3.63) is 57.1 Å². The maximum absolute atomic E-state index is 11.2. The van der Waals surface area contributed by atoms with Crippen LogP contribution in [-0.4, -0.2) is 0 Å². The SMILES string of the molecule is CC1=Cc2ccc(=O)ccc2C=C(C)O1. The average molecular weight is 200 g/mol. The number of fused-ring (bicyclic) bond motifs is 1. The standard InChI is InChI=1S/C13H12O2/c1-9-7-11-3-5-13(14)6-4-12(11)8-10(2)15-9/h3-8H,1-2H3. The summed E-state index contributed by atoms with van der Waals surface area (Å²) in [4.78, 5) is 11.2. The van der Waals surface area contributed by atoms with E-state index in [9.17, 15) is 4.79 Å². The molecule has 0 atom stereocenters. The topological polar surface area (TPSA) is 26.3 Å². The average Bonchev–Trinajstić information content (AvgIpc) is 2.39. The van der Waals surface area contributed by atoms with E-state index >= 15 is 0 Å². The van der Waals surface area contributed by atoms with Crippen molar-refractivity contribution in [3.8, 4) is 0 Å². The first-order valence-electron chi connectivity index (χ1n) is 4.84. The van der Waals surface area contributed by atoms with Crippen LogP contribution in [-0.2, 0) is 4.74 Å². The fourth-order valence-corrected chi connectivity index (χ4v) is 1.61.